The number of nitrogens with zero attached hydrogens (tertiary/aromatic N) is 1. The van der Waals surface area contributed by atoms with Crippen molar-refractivity contribution in [2.75, 3.05) is 23.3 Å². The van der Waals surface area contributed by atoms with Crippen molar-refractivity contribution in [3.63, 3.8) is 0 Å². The van der Waals surface area contributed by atoms with Crippen LogP contribution in [0.3, 0.4) is 0 Å². The van der Waals surface area contributed by atoms with E-state index in [1.54, 1.807) is 24.3 Å². The van der Waals surface area contributed by atoms with Gasteiger partial charge in [0.25, 0.3) is 15.9 Å². The fourth-order valence-corrected chi connectivity index (χ4v) is 5.11. The van der Waals surface area contributed by atoms with E-state index in [9.17, 15) is 13.2 Å². The van der Waals surface area contributed by atoms with Gasteiger partial charge >= 0.3 is 0 Å². The van der Waals surface area contributed by atoms with Gasteiger partial charge in [-0.15, -0.1) is 6.58 Å². The van der Waals surface area contributed by atoms with Gasteiger partial charge in [0, 0.05) is 5.69 Å². The number of methoxy groups -OCH3 is 1. The van der Waals surface area contributed by atoms with Crippen molar-refractivity contribution in [2.24, 2.45) is 0 Å². The van der Waals surface area contributed by atoms with Crippen LogP contribution in [0.15, 0.2) is 78.2 Å². The van der Waals surface area contributed by atoms with Crippen molar-refractivity contribution in [3.05, 3.63) is 95.0 Å². The zero-order valence-electron chi connectivity index (χ0n) is 18.6. The number of aryl methyl sites for hydroxylation is 2. The van der Waals surface area contributed by atoms with E-state index in [0.717, 1.165) is 11.1 Å². The van der Waals surface area contributed by atoms with Crippen LogP contribution in [0.4, 0.5) is 11.4 Å². The molecule has 6 nitrogen and oxygen atoms in total. The molecule has 1 N–H and O–H groups in total. The largest absolute Gasteiger partial charge is 0.495 e. The lowest BCUT2D eigenvalue weighted by atomic mass is 10.1. The fourth-order valence-electron chi connectivity index (χ4n) is 3.44. The highest BCUT2D eigenvalue weighted by atomic mass is 35.5. The van der Waals surface area contributed by atoms with Gasteiger partial charge in [0.05, 0.1) is 34.8 Å². The maximum absolute atomic E-state index is 13.6. The number of para-hydroxylation sites is 3. The molecule has 3 aromatic carbocycles. The van der Waals surface area contributed by atoms with Crippen LogP contribution >= 0.6 is 11.6 Å². The van der Waals surface area contributed by atoms with E-state index in [4.69, 9.17) is 16.3 Å². The summed E-state index contributed by atoms with van der Waals surface area (Å²) < 4.78 is 33.7. The van der Waals surface area contributed by atoms with Crippen molar-refractivity contribution in [1.29, 1.82) is 0 Å². The molecule has 33 heavy (non-hydrogen) atoms. The summed E-state index contributed by atoms with van der Waals surface area (Å²) in [6, 6.07) is 16.5. The average Bonchev–Trinajstić information content (AvgIpc) is 2.80. The molecule has 0 saturated carbocycles. The molecule has 0 aliphatic carbocycles. The number of nitrogens with one attached hydrogen (secondary N) is 1. The molecule has 0 unspecified atom stereocenters. The highest BCUT2D eigenvalue weighted by Gasteiger charge is 2.28. The summed E-state index contributed by atoms with van der Waals surface area (Å²) in [6.45, 7) is 7.45. The third kappa shape index (κ3) is 5.05. The smallest absolute Gasteiger partial charge is 0.264 e. The third-order valence-electron chi connectivity index (χ3n) is 5.14. The van der Waals surface area contributed by atoms with Crippen molar-refractivity contribution in [1.82, 2.24) is 0 Å². The van der Waals surface area contributed by atoms with Gasteiger partial charge in [-0.25, -0.2) is 8.42 Å². The Morgan fingerprint density at radius 2 is 1.76 bits per heavy atom. The Hall–Kier alpha value is -3.29. The molecule has 1 amide bonds. The number of amides is 1. The van der Waals surface area contributed by atoms with E-state index in [-0.39, 0.29) is 22.0 Å². The maximum Gasteiger partial charge on any atom is 0.264 e. The Morgan fingerprint density at radius 3 is 2.39 bits per heavy atom. The van der Waals surface area contributed by atoms with E-state index in [2.05, 4.69) is 11.9 Å². The molecule has 0 radical (unpaired) electrons. The van der Waals surface area contributed by atoms with E-state index >= 15 is 0 Å². The number of carbonyl (C=O) groups is 1. The predicted molar refractivity (Wildman–Crippen MR) is 133 cm³/mol. The Labute approximate surface area is 199 Å². The minimum atomic E-state index is -4.07. The quantitative estimate of drug-likeness (QED) is 0.422. The van der Waals surface area contributed by atoms with Crippen molar-refractivity contribution in [3.8, 4) is 5.75 Å². The molecule has 3 aromatic rings. The van der Waals surface area contributed by atoms with Crippen LogP contribution < -0.4 is 14.4 Å². The minimum Gasteiger partial charge on any atom is -0.495 e. The minimum absolute atomic E-state index is 0.00919. The summed E-state index contributed by atoms with van der Waals surface area (Å²) >= 11 is 6.29. The first-order chi connectivity index (χ1) is 15.7. The van der Waals surface area contributed by atoms with Gasteiger partial charge in [-0.2, -0.15) is 0 Å². The van der Waals surface area contributed by atoms with Crippen LogP contribution in [0.1, 0.15) is 21.5 Å². The summed E-state index contributed by atoms with van der Waals surface area (Å²) in [5, 5.41) is 2.99. The average molecular weight is 485 g/mol. The summed E-state index contributed by atoms with van der Waals surface area (Å²) in [5.41, 5.74) is 2.85. The Kier molecular flexibility index (Phi) is 7.46. The molecule has 0 aliphatic heterocycles. The lowest BCUT2D eigenvalue weighted by molar-refractivity contribution is 0.102. The van der Waals surface area contributed by atoms with Crippen LogP contribution in [0.5, 0.6) is 5.75 Å². The van der Waals surface area contributed by atoms with Gasteiger partial charge < -0.3 is 10.1 Å². The number of sulfonamides is 1. The number of hydrogen-bond donors (Lipinski definition) is 1. The number of benzene rings is 3. The first-order valence-corrected chi connectivity index (χ1v) is 12.0. The molecule has 0 heterocycles. The lowest BCUT2D eigenvalue weighted by Crippen LogP contribution is -2.31. The number of carbonyl (C=O) groups excluding carboxylic acids is 1. The van der Waals surface area contributed by atoms with Gasteiger partial charge in [-0.3, -0.25) is 9.10 Å². The second kappa shape index (κ2) is 10.1. The molecule has 172 valence electrons. The Balaban J connectivity index is 2.05. The highest BCUT2D eigenvalue weighted by molar-refractivity contribution is 7.92. The summed E-state index contributed by atoms with van der Waals surface area (Å²) in [6.07, 6.45) is 1.48. The van der Waals surface area contributed by atoms with Crippen molar-refractivity contribution < 1.29 is 17.9 Å². The van der Waals surface area contributed by atoms with E-state index in [1.807, 2.05) is 32.0 Å². The maximum atomic E-state index is 13.6. The lowest BCUT2D eigenvalue weighted by Gasteiger charge is -2.25. The number of rotatable bonds is 8. The molecule has 0 bridgehead atoms. The van der Waals surface area contributed by atoms with Gasteiger partial charge in [0.1, 0.15) is 5.75 Å². The van der Waals surface area contributed by atoms with Gasteiger partial charge in [-0.1, -0.05) is 48.0 Å². The fraction of sp³-hybridized carbons (Fsp3) is 0.160. The first kappa shape index (κ1) is 24.4. The Bertz CT molecular complexity index is 1290. The molecule has 0 spiro atoms. The summed E-state index contributed by atoms with van der Waals surface area (Å²) in [4.78, 5) is 13.0. The number of ether oxygens (including phenoxy) is 1. The highest BCUT2D eigenvalue weighted by Crippen LogP contribution is 2.33. The topological polar surface area (TPSA) is 75.7 Å². The molecule has 0 aliphatic rings. The summed E-state index contributed by atoms with van der Waals surface area (Å²) in [5.74, 6) is -0.105. The molecular weight excluding hydrogens is 460 g/mol. The SMILES string of the molecule is C=CCN(c1ccccc1OC)S(=O)(=O)c1ccc(Cl)c(C(=O)Nc2c(C)cccc2C)c1. The third-order valence-corrected chi connectivity index (χ3v) is 7.24. The van der Waals surface area contributed by atoms with Gasteiger partial charge in [-0.05, 0) is 55.3 Å². The van der Waals surface area contributed by atoms with Crippen LogP contribution in [0.2, 0.25) is 5.02 Å². The Morgan fingerprint density at radius 1 is 1.09 bits per heavy atom. The number of anilines is 2. The van der Waals surface area contributed by atoms with Crippen LogP contribution in [0, 0.1) is 13.8 Å². The monoisotopic (exact) mass is 484 g/mol. The number of hydrogen-bond acceptors (Lipinski definition) is 4. The predicted octanol–water partition coefficient (Wildman–Crippen LogP) is 5.60. The molecule has 0 atom stereocenters. The molecule has 0 fully saturated rings. The first-order valence-electron chi connectivity index (χ1n) is 10.1. The van der Waals surface area contributed by atoms with E-state index < -0.39 is 15.9 Å². The number of halogens is 1. The molecular formula is C25H25ClN2O4S. The van der Waals surface area contributed by atoms with Crippen LogP contribution in [0.25, 0.3) is 0 Å². The van der Waals surface area contributed by atoms with E-state index in [1.165, 1.54) is 35.7 Å². The van der Waals surface area contributed by atoms with E-state index in [0.29, 0.717) is 17.1 Å². The second-order valence-electron chi connectivity index (χ2n) is 7.36. The molecule has 0 aromatic heterocycles. The summed E-state index contributed by atoms with van der Waals surface area (Å²) in [7, 11) is -2.60. The molecule has 3 rings (SSSR count). The van der Waals surface area contributed by atoms with Crippen LogP contribution in [-0.2, 0) is 10.0 Å². The van der Waals surface area contributed by atoms with Crippen molar-refractivity contribution in [2.45, 2.75) is 18.7 Å². The molecule has 0 saturated heterocycles. The zero-order chi connectivity index (χ0) is 24.2. The van der Waals surface area contributed by atoms with Gasteiger partial charge in [0.15, 0.2) is 0 Å². The van der Waals surface area contributed by atoms with Gasteiger partial charge in [0.2, 0.25) is 0 Å². The standard InChI is InChI=1S/C25H25ClN2O4S/c1-5-15-28(22-11-6-7-12-23(22)32-4)33(30,31)19-13-14-21(26)20(16-19)25(29)27-24-17(2)9-8-10-18(24)3/h5-14,16H,1,15H2,2-4H3,(H,27,29). The van der Waals surface area contributed by atoms with Crippen molar-refractivity contribution >= 4 is 38.9 Å². The normalized spacial score (nSPS) is 11.0. The van der Waals surface area contributed by atoms with Crippen LogP contribution in [-0.4, -0.2) is 28.0 Å². The zero-order valence-corrected chi connectivity index (χ0v) is 20.2. The second-order valence-corrected chi connectivity index (χ2v) is 9.63. The molecule has 8 heteroatoms.